The van der Waals surface area contributed by atoms with Gasteiger partial charge >= 0.3 is 5.97 Å². The molecule has 1 atom stereocenters. The molecule has 2 N–H and O–H groups in total. The minimum Gasteiger partial charge on any atom is -0.478 e. The Hall–Kier alpha value is -2.30. The Kier molecular flexibility index (Phi) is 5.74. The smallest absolute Gasteiger partial charge is 0.328 e. The highest BCUT2D eigenvalue weighted by Crippen LogP contribution is 2.27. The molecule has 0 radical (unpaired) electrons. The van der Waals surface area contributed by atoms with Crippen LogP contribution in [0.3, 0.4) is 0 Å². The highest BCUT2D eigenvalue weighted by molar-refractivity contribution is 5.85. The molecule has 1 aromatic carbocycles. The van der Waals surface area contributed by atoms with E-state index in [1.54, 1.807) is 6.08 Å². The molecule has 2 fully saturated rings. The summed E-state index contributed by atoms with van der Waals surface area (Å²) in [6.07, 6.45) is 9.44. The molecule has 1 saturated carbocycles. The number of aliphatic carboxylic acids is 1. The van der Waals surface area contributed by atoms with Crippen molar-refractivity contribution < 1.29 is 14.7 Å². The number of likely N-dealkylation sites (tertiary alicyclic amines) is 1. The number of hydrogen-bond acceptors (Lipinski definition) is 3. The quantitative estimate of drug-likeness (QED) is 0.805. The van der Waals surface area contributed by atoms with Crippen LogP contribution in [0.15, 0.2) is 30.3 Å². The number of carbonyl (C=O) groups excluding carboxylic acids is 1. The van der Waals surface area contributed by atoms with Crippen LogP contribution < -0.4 is 5.32 Å². The topological polar surface area (TPSA) is 69.6 Å². The third-order valence-electron chi connectivity index (χ3n) is 5.15. The van der Waals surface area contributed by atoms with Crippen molar-refractivity contribution in [2.75, 3.05) is 18.4 Å². The van der Waals surface area contributed by atoms with Crippen molar-refractivity contribution in [2.24, 2.45) is 5.92 Å². The number of nitrogens with one attached hydrogen (secondary N) is 1. The molecular formula is C20H26N2O3. The molecular weight excluding hydrogens is 316 g/mol. The Balaban J connectivity index is 1.51. The zero-order valence-electron chi connectivity index (χ0n) is 14.5. The third kappa shape index (κ3) is 4.84. The second-order valence-electron chi connectivity index (χ2n) is 7.04. The summed E-state index contributed by atoms with van der Waals surface area (Å²) in [6.45, 7) is 1.61. The Morgan fingerprint density at radius 1 is 1.08 bits per heavy atom. The summed E-state index contributed by atoms with van der Waals surface area (Å²) in [5.74, 6) is -0.359. The third-order valence-corrected chi connectivity index (χ3v) is 5.15. The maximum Gasteiger partial charge on any atom is 0.328 e. The number of rotatable bonds is 5. The van der Waals surface area contributed by atoms with Crippen LogP contribution in [0.1, 0.15) is 44.1 Å². The van der Waals surface area contributed by atoms with Crippen molar-refractivity contribution in [3.63, 3.8) is 0 Å². The molecule has 0 unspecified atom stereocenters. The first-order valence-electron chi connectivity index (χ1n) is 9.18. The van der Waals surface area contributed by atoms with Crippen molar-refractivity contribution in [1.82, 2.24) is 4.90 Å². The minimum absolute atomic E-state index is 0.243. The fourth-order valence-electron chi connectivity index (χ4n) is 3.78. The average molecular weight is 342 g/mol. The Bertz CT molecular complexity index is 633. The summed E-state index contributed by atoms with van der Waals surface area (Å²) in [7, 11) is 0. The van der Waals surface area contributed by atoms with Crippen LogP contribution >= 0.6 is 0 Å². The van der Waals surface area contributed by atoms with Gasteiger partial charge in [-0.05, 0) is 43.0 Å². The lowest BCUT2D eigenvalue weighted by molar-refractivity contribution is -0.135. The van der Waals surface area contributed by atoms with Gasteiger partial charge in [0.25, 0.3) is 0 Å². The van der Waals surface area contributed by atoms with Gasteiger partial charge in [-0.1, -0.05) is 31.4 Å². The summed E-state index contributed by atoms with van der Waals surface area (Å²) in [5, 5.41) is 12.1. The molecule has 5 nitrogen and oxygen atoms in total. The van der Waals surface area contributed by atoms with Crippen molar-refractivity contribution in [1.29, 1.82) is 0 Å². The normalized spacial score (nSPS) is 21.6. The summed E-state index contributed by atoms with van der Waals surface area (Å²) < 4.78 is 0. The molecule has 0 aromatic heterocycles. The zero-order chi connectivity index (χ0) is 17.6. The number of amides is 1. The molecule has 1 amide bonds. The second kappa shape index (κ2) is 8.19. The van der Waals surface area contributed by atoms with Gasteiger partial charge in [-0.25, -0.2) is 4.79 Å². The first-order chi connectivity index (χ1) is 12.1. The maximum atomic E-state index is 12.6. The lowest BCUT2D eigenvalue weighted by Gasteiger charge is -2.26. The maximum absolute atomic E-state index is 12.6. The van der Waals surface area contributed by atoms with E-state index in [0.29, 0.717) is 5.91 Å². The molecule has 1 heterocycles. The van der Waals surface area contributed by atoms with Crippen LogP contribution in [0.2, 0.25) is 0 Å². The Morgan fingerprint density at radius 2 is 1.80 bits per heavy atom. The number of hydrogen-bond donors (Lipinski definition) is 2. The summed E-state index contributed by atoms with van der Waals surface area (Å²) in [6, 6.07) is 7.97. The number of benzene rings is 1. The molecule has 25 heavy (non-hydrogen) atoms. The van der Waals surface area contributed by atoms with Gasteiger partial charge in [0.15, 0.2) is 0 Å². The van der Waals surface area contributed by atoms with E-state index in [2.05, 4.69) is 5.32 Å². The minimum atomic E-state index is -0.948. The van der Waals surface area contributed by atoms with Crippen molar-refractivity contribution in [3.8, 4) is 0 Å². The van der Waals surface area contributed by atoms with E-state index in [1.807, 2.05) is 29.2 Å². The molecule has 1 saturated heterocycles. The predicted octanol–water partition coefficient (Wildman–Crippen LogP) is 3.38. The molecule has 1 aliphatic heterocycles. The molecule has 5 heteroatoms. The van der Waals surface area contributed by atoms with Crippen LogP contribution in [-0.4, -0.2) is 41.0 Å². The van der Waals surface area contributed by atoms with Crippen LogP contribution in [0.4, 0.5) is 5.69 Å². The van der Waals surface area contributed by atoms with Crippen LogP contribution in [0, 0.1) is 5.92 Å². The number of nitrogens with zero attached hydrogens (tertiary/aromatic N) is 1. The number of carboxylic acid groups (broad SMARTS) is 1. The van der Waals surface area contributed by atoms with Gasteiger partial charge in [0.1, 0.15) is 0 Å². The van der Waals surface area contributed by atoms with Gasteiger partial charge < -0.3 is 15.3 Å². The molecule has 1 aromatic rings. The molecule has 1 aliphatic carbocycles. The van der Waals surface area contributed by atoms with E-state index in [4.69, 9.17) is 5.11 Å². The first kappa shape index (κ1) is 17.5. The van der Waals surface area contributed by atoms with E-state index in [-0.39, 0.29) is 12.0 Å². The van der Waals surface area contributed by atoms with E-state index >= 15 is 0 Å². The number of carbonyl (C=O) groups is 2. The van der Waals surface area contributed by atoms with Gasteiger partial charge in [0.2, 0.25) is 5.91 Å². The van der Waals surface area contributed by atoms with Gasteiger partial charge in [-0.2, -0.15) is 0 Å². The monoisotopic (exact) mass is 342 g/mol. The van der Waals surface area contributed by atoms with Crippen molar-refractivity contribution in [3.05, 3.63) is 35.9 Å². The van der Waals surface area contributed by atoms with Gasteiger partial charge in [0.05, 0.1) is 0 Å². The lowest BCUT2D eigenvalue weighted by atomic mass is 9.88. The summed E-state index contributed by atoms with van der Waals surface area (Å²) >= 11 is 0. The number of anilines is 1. The first-order valence-corrected chi connectivity index (χ1v) is 9.18. The van der Waals surface area contributed by atoms with E-state index in [0.717, 1.165) is 49.7 Å². The number of carboxylic acids is 1. The summed E-state index contributed by atoms with van der Waals surface area (Å²) in [5.41, 5.74) is 1.86. The van der Waals surface area contributed by atoms with Crippen molar-refractivity contribution in [2.45, 2.75) is 44.6 Å². The molecule has 0 spiro atoms. The molecule has 134 valence electrons. The standard InChI is InChI=1S/C20H26N2O3/c23-19(24)11-8-15-6-9-17(10-7-15)21-18-12-13-22(14-18)20(25)16-4-2-1-3-5-16/h6-11,16,18,21H,1-5,12-14H2,(H,23,24)/t18-/m1/s1. The Morgan fingerprint density at radius 3 is 2.48 bits per heavy atom. The largest absolute Gasteiger partial charge is 0.478 e. The van der Waals surface area contributed by atoms with E-state index in [9.17, 15) is 9.59 Å². The highest BCUT2D eigenvalue weighted by atomic mass is 16.4. The fraction of sp³-hybridized carbons (Fsp3) is 0.500. The van der Waals surface area contributed by atoms with E-state index in [1.165, 1.54) is 19.3 Å². The average Bonchev–Trinajstić information content (AvgIpc) is 3.09. The second-order valence-corrected chi connectivity index (χ2v) is 7.04. The van der Waals surface area contributed by atoms with Gasteiger partial charge in [0, 0.05) is 36.8 Å². The van der Waals surface area contributed by atoms with E-state index < -0.39 is 5.97 Å². The van der Waals surface area contributed by atoms with Crippen LogP contribution in [-0.2, 0) is 9.59 Å². The van der Waals surface area contributed by atoms with Crippen molar-refractivity contribution >= 4 is 23.6 Å². The molecule has 2 aliphatic rings. The van der Waals surface area contributed by atoms with Gasteiger partial charge in [-0.3, -0.25) is 4.79 Å². The summed E-state index contributed by atoms with van der Waals surface area (Å²) in [4.78, 5) is 25.2. The highest BCUT2D eigenvalue weighted by Gasteiger charge is 2.31. The van der Waals surface area contributed by atoms with Gasteiger partial charge in [-0.15, -0.1) is 0 Å². The van der Waals surface area contributed by atoms with Crippen LogP contribution in [0.25, 0.3) is 6.08 Å². The SMILES string of the molecule is O=C(O)C=Cc1ccc(N[C@@H]2CCN(C(=O)C3CCCCC3)C2)cc1. The molecule has 0 bridgehead atoms. The Labute approximate surface area is 148 Å². The van der Waals surface area contributed by atoms with Crippen LogP contribution in [0.5, 0.6) is 0 Å². The zero-order valence-corrected chi connectivity index (χ0v) is 14.5. The lowest BCUT2D eigenvalue weighted by Crippen LogP contribution is -2.36. The fourth-order valence-corrected chi connectivity index (χ4v) is 3.78. The predicted molar refractivity (Wildman–Crippen MR) is 98.3 cm³/mol. The molecule has 3 rings (SSSR count).